The predicted octanol–water partition coefficient (Wildman–Crippen LogP) is 3.63. The van der Waals surface area contributed by atoms with Gasteiger partial charge < -0.3 is 5.32 Å². The Morgan fingerprint density at radius 1 is 1.47 bits per heavy atom. The van der Waals surface area contributed by atoms with Gasteiger partial charge in [0.1, 0.15) is 0 Å². The number of aryl methyl sites for hydroxylation is 1. The molecule has 1 N–H and O–H groups in total. The van der Waals surface area contributed by atoms with Crippen LogP contribution in [0.5, 0.6) is 0 Å². The number of carbonyl (C=O) groups excluding carboxylic acids is 1. The first-order valence-corrected chi connectivity index (χ1v) is 8.69. The van der Waals surface area contributed by atoms with E-state index in [1.165, 1.54) is 12.8 Å². The molecule has 3 nitrogen and oxygen atoms in total. The van der Waals surface area contributed by atoms with Crippen LogP contribution in [-0.4, -0.2) is 22.2 Å². The number of amides is 1. The minimum Gasteiger partial charge on any atom is -0.352 e. The second-order valence-electron chi connectivity index (χ2n) is 5.48. The second kappa shape index (κ2) is 6.75. The third-order valence-corrected chi connectivity index (χ3v) is 5.80. The number of rotatable bonds is 4. The number of hydrogen-bond acceptors (Lipinski definition) is 4. The van der Waals surface area contributed by atoms with Crippen LogP contribution < -0.4 is 5.32 Å². The number of carbonyl (C=O) groups is 1. The molecule has 0 aromatic carbocycles. The molecule has 19 heavy (non-hydrogen) atoms. The van der Waals surface area contributed by atoms with Gasteiger partial charge in [0.15, 0.2) is 4.34 Å². The number of aromatic nitrogens is 1. The highest BCUT2D eigenvalue weighted by atomic mass is 32.2. The molecule has 0 bridgehead atoms. The first-order valence-electron chi connectivity index (χ1n) is 6.93. The van der Waals surface area contributed by atoms with Crippen molar-refractivity contribution in [1.82, 2.24) is 10.3 Å². The molecular weight excluding hydrogens is 276 g/mol. The average Bonchev–Trinajstić information content (AvgIpc) is 2.77. The fourth-order valence-electron chi connectivity index (χ4n) is 2.31. The van der Waals surface area contributed by atoms with E-state index < -0.39 is 0 Å². The number of hydrogen-bond donors (Lipinski definition) is 1. The Kier molecular flexibility index (Phi) is 5.28. The van der Waals surface area contributed by atoms with Gasteiger partial charge in [-0.3, -0.25) is 4.79 Å². The summed E-state index contributed by atoms with van der Waals surface area (Å²) >= 11 is 3.17. The summed E-state index contributed by atoms with van der Waals surface area (Å²) in [5, 5.41) is 5.14. The van der Waals surface area contributed by atoms with Gasteiger partial charge in [-0.2, -0.15) is 0 Å². The molecule has 1 aliphatic carbocycles. The van der Waals surface area contributed by atoms with Crippen LogP contribution in [0, 0.1) is 12.8 Å². The van der Waals surface area contributed by atoms with Gasteiger partial charge in [-0.1, -0.05) is 18.7 Å². The molecule has 0 unspecified atom stereocenters. The molecule has 1 amide bonds. The maximum absolute atomic E-state index is 12.1. The van der Waals surface area contributed by atoms with Crippen LogP contribution in [0.3, 0.4) is 0 Å². The zero-order valence-corrected chi connectivity index (χ0v) is 13.4. The van der Waals surface area contributed by atoms with Gasteiger partial charge in [0.25, 0.3) is 0 Å². The largest absolute Gasteiger partial charge is 0.352 e. The maximum Gasteiger partial charge on any atom is 0.233 e. The van der Waals surface area contributed by atoms with E-state index in [9.17, 15) is 4.79 Å². The third kappa shape index (κ3) is 4.49. The molecule has 1 saturated carbocycles. The second-order valence-corrected chi connectivity index (χ2v) is 7.93. The number of thioether (sulfide) groups is 1. The molecule has 0 saturated heterocycles. The van der Waals surface area contributed by atoms with Crippen LogP contribution in [0.1, 0.15) is 45.2 Å². The topological polar surface area (TPSA) is 42.0 Å². The van der Waals surface area contributed by atoms with Crippen LogP contribution in [-0.2, 0) is 4.79 Å². The third-order valence-electron chi connectivity index (χ3n) is 3.61. The molecule has 0 spiro atoms. The van der Waals surface area contributed by atoms with Crippen molar-refractivity contribution in [3.05, 3.63) is 11.1 Å². The summed E-state index contributed by atoms with van der Waals surface area (Å²) < 4.78 is 0.984. The van der Waals surface area contributed by atoms with Crippen molar-refractivity contribution in [3.63, 3.8) is 0 Å². The van der Waals surface area contributed by atoms with E-state index >= 15 is 0 Å². The Labute approximate surface area is 123 Å². The molecule has 0 radical (unpaired) electrons. The molecule has 1 aliphatic rings. The Balaban J connectivity index is 1.79. The molecule has 5 heteroatoms. The Morgan fingerprint density at radius 3 is 2.74 bits per heavy atom. The number of nitrogens with one attached hydrogen (secondary N) is 1. The molecule has 106 valence electrons. The summed E-state index contributed by atoms with van der Waals surface area (Å²) in [6.45, 7) is 6.23. The molecule has 1 heterocycles. The van der Waals surface area contributed by atoms with E-state index in [2.05, 4.69) is 17.2 Å². The van der Waals surface area contributed by atoms with Gasteiger partial charge >= 0.3 is 0 Å². The number of thiazole rings is 1. The van der Waals surface area contributed by atoms with Gasteiger partial charge in [-0.05, 0) is 45.4 Å². The van der Waals surface area contributed by atoms with E-state index in [4.69, 9.17) is 0 Å². The average molecular weight is 298 g/mol. The van der Waals surface area contributed by atoms with Crippen molar-refractivity contribution >= 4 is 29.0 Å². The van der Waals surface area contributed by atoms with E-state index in [0.29, 0.717) is 6.04 Å². The summed E-state index contributed by atoms with van der Waals surface area (Å²) in [7, 11) is 0. The van der Waals surface area contributed by atoms with E-state index in [1.54, 1.807) is 23.1 Å². The Morgan fingerprint density at radius 2 is 2.16 bits per heavy atom. The highest BCUT2D eigenvalue weighted by molar-refractivity contribution is 8.02. The van der Waals surface area contributed by atoms with Crippen molar-refractivity contribution < 1.29 is 4.79 Å². The summed E-state index contributed by atoms with van der Waals surface area (Å²) in [4.78, 5) is 16.5. The van der Waals surface area contributed by atoms with Gasteiger partial charge in [0.05, 0.1) is 5.25 Å². The minimum absolute atomic E-state index is 0.0649. The van der Waals surface area contributed by atoms with Gasteiger partial charge in [0.2, 0.25) is 5.91 Å². The molecule has 1 fully saturated rings. The van der Waals surface area contributed by atoms with Gasteiger partial charge in [-0.25, -0.2) is 4.98 Å². The summed E-state index contributed by atoms with van der Waals surface area (Å²) in [5.74, 6) is 0.968. The quantitative estimate of drug-likeness (QED) is 0.863. The molecule has 1 aromatic rings. The summed E-state index contributed by atoms with van der Waals surface area (Å²) in [6, 6.07) is 0.379. The first-order chi connectivity index (χ1) is 9.04. The monoisotopic (exact) mass is 298 g/mol. The van der Waals surface area contributed by atoms with Crippen LogP contribution in [0.4, 0.5) is 0 Å². The predicted molar refractivity (Wildman–Crippen MR) is 81.7 cm³/mol. The lowest BCUT2D eigenvalue weighted by Gasteiger charge is -2.27. The zero-order valence-electron chi connectivity index (χ0n) is 11.8. The summed E-state index contributed by atoms with van der Waals surface area (Å²) in [5.41, 5.74) is 1.03. The lowest BCUT2D eigenvalue weighted by Crippen LogP contribution is -2.41. The first kappa shape index (κ1) is 14.9. The van der Waals surface area contributed by atoms with Crippen molar-refractivity contribution in [2.45, 2.75) is 62.1 Å². The Bertz CT molecular complexity index is 425. The summed E-state index contributed by atoms with van der Waals surface area (Å²) in [6.07, 6.45) is 4.72. The fourth-order valence-corrected chi connectivity index (χ4v) is 4.31. The molecule has 1 atom stereocenters. The van der Waals surface area contributed by atoms with Crippen LogP contribution in [0.15, 0.2) is 9.72 Å². The van der Waals surface area contributed by atoms with Crippen molar-refractivity contribution in [1.29, 1.82) is 0 Å². The van der Waals surface area contributed by atoms with E-state index in [1.807, 2.05) is 19.2 Å². The number of nitrogens with zero attached hydrogens (tertiary/aromatic N) is 1. The smallest absolute Gasteiger partial charge is 0.233 e. The maximum atomic E-state index is 12.1. The van der Waals surface area contributed by atoms with Crippen molar-refractivity contribution in [3.8, 4) is 0 Å². The highest BCUT2D eigenvalue weighted by Crippen LogP contribution is 2.28. The highest BCUT2D eigenvalue weighted by Gasteiger charge is 2.23. The molecule has 2 rings (SSSR count). The van der Waals surface area contributed by atoms with Gasteiger partial charge in [-0.15, -0.1) is 11.3 Å². The van der Waals surface area contributed by atoms with Crippen molar-refractivity contribution in [2.75, 3.05) is 0 Å². The minimum atomic E-state index is -0.0649. The standard InChI is InChI=1S/C14H22N2OS2/c1-9-4-6-12(7-5-9)16-13(17)11(3)19-14-15-10(2)8-18-14/h8-9,11-12H,4-7H2,1-3H3,(H,16,17)/t9?,11-,12?/m0/s1. The van der Waals surface area contributed by atoms with E-state index in [-0.39, 0.29) is 11.2 Å². The lowest BCUT2D eigenvalue weighted by molar-refractivity contribution is -0.121. The zero-order chi connectivity index (χ0) is 13.8. The molecule has 1 aromatic heterocycles. The van der Waals surface area contributed by atoms with Gasteiger partial charge in [0, 0.05) is 17.1 Å². The fraction of sp³-hybridized carbons (Fsp3) is 0.714. The van der Waals surface area contributed by atoms with Crippen LogP contribution in [0.25, 0.3) is 0 Å². The van der Waals surface area contributed by atoms with Crippen LogP contribution in [0.2, 0.25) is 0 Å². The normalized spacial score (nSPS) is 25.0. The van der Waals surface area contributed by atoms with E-state index in [0.717, 1.165) is 28.8 Å². The molecular formula is C14H22N2OS2. The SMILES string of the molecule is Cc1csc(S[C@@H](C)C(=O)NC2CCC(C)CC2)n1. The van der Waals surface area contributed by atoms with Crippen molar-refractivity contribution in [2.24, 2.45) is 5.92 Å². The molecule has 0 aliphatic heterocycles. The Hall–Kier alpha value is -0.550. The lowest BCUT2D eigenvalue weighted by atomic mass is 9.87. The van der Waals surface area contributed by atoms with Crippen LogP contribution >= 0.6 is 23.1 Å².